The number of carbonyl (C=O) groups is 6. The fourth-order valence-electron chi connectivity index (χ4n) is 3.76. The number of ether oxygens (including phenoxy) is 3. The summed E-state index contributed by atoms with van der Waals surface area (Å²) in [7, 11) is 0. The maximum absolute atomic E-state index is 12.3. The van der Waals surface area contributed by atoms with Crippen LogP contribution >= 0.6 is 0 Å². The second kappa shape index (κ2) is 22.3. The summed E-state index contributed by atoms with van der Waals surface area (Å²) >= 11 is 0. The van der Waals surface area contributed by atoms with Crippen LogP contribution in [-0.4, -0.2) is 106 Å². The van der Waals surface area contributed by atoms with Crippen molar-refractivity contribution in [2.24, 2.45) is 5.10 Å². The molecule has 5 amide bonds. The highest BCUT2D eigenvalue weighted by molar-refractivity contribution is 6.12. The molecule has 1 aliphatic heterocycles. The van der Waals surface area contributed by atoms with E-state index < -0.39 is 0 Å². The van der Waals surface area contributed by atoms with Gasteiger partial charge in [-0.3, -0.25) is 28.9 Å². The number of imide groups is 1. The normalized spacial score (nSPS) is 12.6. The number of hydrogen-bond acceptors (Lipinski definition) is 10. The average molecular weight is 616 g/mol. The Bertz CT molecular complexity index is 1120. The predicted molar refractivity (Wildman–Crippen MR) is 160 cm³/mol. The highest BCUT2D eigenvalue weighted by Crippen LogP contribution is 2.08. The first-order valence-corrected chi connectivity index (χ1v) is 14.6. The third kappa shape index (κ3) is 15.8. The van der Waals surface area contributed by atoms with E-state index in [9.17, 15) is 28.8 Å². The molecule has 0 bridgehead atoms. The van der Waals surface area contributed by atoms with Crippen molar-refractivity contribution in [1.29, 1.82) is 0 Å². The van der Waals surface area contributed by atoms with Gasteiger partial charge in [-0.15, -0.1) is 0 Å². The van der Waals surface area contributed by atoms with E-state index in [1.54, 1.807) is 24.3 Å². The topological polar surface area (TPSA) is 182 Å². The molecule has 0 aliphatic carbocycles. The predicted octanol–water partition coefficient (Wildman–Crippen LogP) is 0.497. The summed E-state index contributed by atoms with van der Waals surface area (Å²) in [6.07, 6.45) is 7.32. The van der Waals surface area contributed by atoms with Crippen LogP contribution in [0.2, 0.25) is 0 Å². The Kier molecular flexibility index (Phi) is 18.2. The first kappa shape index (κ1) is 35.9. The summed E-state index contributed by atoms with van der Waals surface area (Å²) in [6, 6.07) is 6.73. The Morgan fingerprint density at radius 2 is 1.36 bits per heavy atom. The number of nitrogens with zero attached hydrogens (tertiary/aromatic N) is 2. The van der Waals surface area contributed by atoms with Gasteiger partial charge in [-0.2, -0.15) is 5.10 Å². The molecule has 0 spiro atoms. The molecule has 14 heteroatoms. The lowest BCUT2D eigenvalue weighted by Gasteiger charge is -2.12. The SMILES string of the molecule is O=CCCC(=O)NCCOCCOCCOCCNC(=O)c1ccc(/C=N/NC(=O)CCCCCN2C(=O)C=CC2=O)cc1. The van der Waals surface area contributed by atoms with Crippen molar-refractivity contribution >= 4 is 42.0 Å². The quantitative estimate of drug-likeness (QED) is 0.0490. The number of nitrogens with one attached hydrogen (secondary N) is 3. The molecule has 0 radical (unpaired) electrons. The van der Waals surface area contributed by atoms with Crippen LogP contribution in [0.3, 0.4) is 0 Å². The van der Waals surface area contributed by atoms with Crippen LogP contribution < -0.4 is 16.1 Å². The lowest BCUT2D eigenvalue weighted by molar-refractivity contribution is -0.137. The molecule has 1 aromatic rings. The van der Waals surface area contributed by atoms with Gasteiger partial charge in [0, 0.05) is 56.6 Å². The summed E-state index contributed by atoms with van der Waals surface area (Å²) in [5.74, 6) is -1.26. The zero-order valence-corrected chi connectivity index (χ0v) is 24.8. The highest BCUT2D eigenvalue weighted by atomic mass is 16.5. The second-order valence-electron chi connectivity index (χ2n) is 9.54. The van der Waals surface area contributed by atoms with Crippen molar-refractivity contribution < 1.29 is 43.0 Å². The number of aldehydes is 1. The van der Waals surface area contributed by atoms with Gasteiger partial charge < -0.3 is 29.6 Å². The molecule has 0 atom stereocenters. The first-order valence-electron chi connectivity index (χ1n) is 14.6. The van der Waals surface area contributed by atoms with E-state index >= 15 is 0 Å². The maximum Gasteiger partial charge on any atom is 0.253 e. The van der Waals surface area contributed by atoms with Crippen molar-refractivity contribution in [3.05, 3.63) is 47.5 Å². The Balaban J connectivity index is 1.43. The number of rotatable bonds is 24. The van der Waals surface area contributed by atoms with Crippen LogP contribution in [0.15, 0.2) is 41.5 Å². The molecule has 1 heterocycles. The van der Waals surface area contributed by atoms with Crippen LogP contribution in [0.25, 0.3) is 0 Å². The van der Waals surface area contributed by atoms with E-state index in [1.165, 1.54) is 23.3 Å². The number of hydrazone groups is 1. The molecule has 3 N–H and O–H groups in total. The minimum Gasteiger partial charge on any atom is -0.377 e. The molecule has 2 rings (SSSR count). The van der Waals surface area contributed by atoms with E-state index in [0.717, 1.165) is 0 Å². The van der Waals surface area contributed by atoms with Crippen LogP contribution in [0.1, 0.15) is 54.4 Å². The van der Waals surface area contributed by atoms with E-state index in [4.69, 9.17) is 14.2 Å². The molecule has 1 aromatic carbocycles. The van der Waals surface area contributed by atoms with E-state index in [0.29, 0.717) is 96.0 Å². The van der Waals surface area contributed by atoms with Crippen molar-refractivity contribution in [3.63, 3.8) is 0 Å². The molecule has 0 saturated carbocycles. The molecule has 240 valence electrons. The van der Waals surface area contributed by atoms with E-state index in [1.807, 2.05) is 0 Å². The number of carbonyl (C=O) groups excluding carboxylic acids is 6. The molecule has 1 aliphatic rings. The average Bonchev–Trinajstić information content (AvgIpc) is 3.34. The molecule has 0 saturated heterocycles. The summed E-state index contributed by atoms with van der Waals surface area (Å²) in [5, 5.41) is 9.36. The number of benzene rings is 1. The standard InChI is InChI=1S/C30H41N5O9/c36-16-4-6-26(37)31-13-17-42-19-21-44-22-20-43-18-14-32-30(41)25-9-7-24(8-10-25)23-33-34-27(38)5-2-1-3-15-35-28(39)11-12-29(35)40/h7-12,16,23H,1-6,13-15,17-22H2,(H,31,37)(H,32,41)(H,34,38)/b33-23+. The third-order valence-corrected chi connectivity index (χ3v) is 6.10. The van der Waals surface area contributed by atoms with Gasteiger partial charge >= 0.3 is 0 Å². The van der Waals surface area contributed by atoms with Gasteiger partial charge in [0.15, 0.2) is 0 Å². The second-order valence-corrected chi connectivity index (χ2v) is 9.54. The van der Waals surface area contributed by atoms with E-state index in [2.05, 4.69) is 21.2 Å². The minimum absolute atomic E-state index is 0.179. The third-order valence-electron chi connectivity index (χ3n) is 6.10. The molecule has 44 heavy (non-hydrogen) atoms. The summed E-state index contributed by atoms with van der Waals surface area (Å²) < 4.78 is 16.2. The molecular formula is C30H41N5O9. The summed E-state index contributed by atoms with van der Waals surface area (Å²) in [4.78, 5) is 69.9. The van der Waals surface area contributed by atoms with Crippen molar-refractivity contribution in [1.82, 2.24) is 21.0 Å². The van der Waals surface area contributed by atoms with Gasteiger partial charge in [-0.05, 0) is 30.5 Å². The lowest BCUT2D eigenvalue weighted by atomic mass is 10.1. The van der Waals surface area contributed by atoms with Crippen LogP contribution in [0.5, 0.6) is 0 Å². The number of hydrogen-bond donors (Lipinski definition) is 3. The Morgan fingerprint density at radius 3 is 2.00 bits per heavy atom. The summed E-state index contributed by atoms with van der Waals surface area (Å²) in [5.41, 5.74) is 3.65. The van der Waals surface area contributed by atoms with Crippen LogP contribution in [-0.2, 0) is 38.2 Å². The Hall–Kier alpha value is -4.27. The molecular weight excluding hydrogens is 574 g/mol. The van der Waals surface area contributed by atoms with Crippen molar-refractivity contribution in [3.8, 4) is 0 Å². The van der Waals surface area contributed by atoms with Gasteiger partial charge in [-0.25, -0.2) is 5.43 Å². The maximum atomic E-state index is 12.3. The monoisotopic (exact) mass is 615 g/mol. The van der Waals surface area contributed by atoms with Gasteiger partial charge in [0.1, 0.15) is 6.29 Å². The van der Waals surface area contributed by atoms with Gasteiger partial charge in [0.05, 0.1) is 45.9 Å². The molecule has 0 aromatic heterocycles. The smallest absolute Gasteiger partial charge is 0.253 e. The molecule has 0 unspecified atom stereocenters. The largest absolute Gasteiger partial charge is 0.377 e. The van der Waals surface area contributed by atoms with Gasteiger partial charge in [-0.1, -0.05) is 18.6 Å². The molecule has 0 fully saturated rings. The fraction of sp³-hybridized carbons (Fsp3) is 0.500. The Morgan fingerprint density at radius 1 is 0.750 bits per heavy atom. The fourth-order valence-corrected chi connectivity index (χ4v) is 3.76. The van der Waals surface area contributed by atoms with Crippen molar-refractivity contribution in [2.75, 3.05) is 59.3 Å². The molecule has 14 nitrogen and oxygen atoms in total. The number of unbranched alkanes of at least 4 members (excludes halogenated alkanes) is 2. The van der Waals surface area contributed by atoms with Crippen molar-refractivity contribution in [2.45, 2.75) is 38.5 Å². The van der Waals surface area contributed by atoms with E-state index in [-0.39, 0.29) is 48.8 Å². The van der Waals surface area contributed by atoms with Gasteiger partial charge in [0.2, 0.25) is 11.8 Å². The zero-order valence-electron chi connectivity index (χ0n) is 24.8. The van der Waals surface area contributed by atoms with Gasteiger partial charge in [0.25, 0.3) is 17.7 Å². The highest BCUT2D eigenvalue weighted by Gasteiger charge is 2.22. The van der Waals surface area contributed by atoms with Crippen LogP contribution in [0.4, 0.5) is 0 Å². The zero-order chi connectivity index (χ0) is 31.8. The summed E-state index contributed by atoms with van der Waals surface area (Å²) in [6.45, 7) is 3.27. The number of amides is 5. The van der Waals surface area contributed by atoms with Crippen LogP contribution in [0, 0.1) is 0 Å². The first-order chi connectivity index (χ1) is 21.4. The minimum atomic E-state index is -0.300. The Labute approximate surface area is 256 Å². The lowest BCUT2D eigenvalue weighted by Crippen LogP contribution is -2.30.